The molecular formula is C25H27N5O3. The number of hydrogen-bond acceptors (Lipinski definition) is 4. The fourth-order valence-corrected chi connectivity index (χ4v) is 4.31. The summed E-state index contributed by atoms with van der Waals surface area (Å²) >= 11 is 0. The number of nitrogens with one attached hydrogen (secondary N) is 2. The highest BCUT2D eigenvalue weighted by molar-refractivity contribution is 6.03. The number of hydrogen-bond donors (Lipinski definition) is 2. The Morgan fingerprint density at radius 3 is 2.82 bits per heavy atom. The summed E-state index contributed by atoms with van der Waals surface area (Å²) in [6.07, 6.45) is 4.97. The van der Waals surface area contributed by atoms with Gasteiger partial charge in [0.2, 0.25) is 5.91 Å². The van der Waals surface area contributed by atoms with Gasteiger partial charge in [-0.15, -0.1) is 6.58 Å². The van der Waals surface area contributed by atoms with Gasteiger partial charge >= 0.3 is 6.03 Å². The predicted octanol–water partition coefficient (Wildman–Crippen LogP) is 2.36. The molecule has 2 aromatic rings. The lowest BCUT2D eigenvalue weighted by atomic mass is 9.91. The van der Waals surface area contributed by atoms with Crippen LogP contribution < -0.4 is 10.6 Å². The van der Waals surface area contributed by atoms with Crippen LogP contribution in [0, 0.1) is 13.8 Å². The number of carbonyl (C=O) groups excluding carboxylic acids is 3. The van der Waals surface area contributed by atoms with Crippen LogP contribution in [0.3, 0.4) is 0 Å². The van der Waals surface area contributed by atoms with Gasteiger partial charge in [0.1, 0.15) is 6.54 Å². The normalized spacial score (nSPS) is 17.7. The lowest BCUT2D eigenvalue weighted by Crippen LogP contribution is -2.47. The van der Waals surface area contributed by atoms with E-state index in [9.17, 15) is 14.4 Å². The molecule has 2 aliphatic rings. The molecule has 1 aromatic carbocycles. The molecule has 0 aliphatic carbocycles. The molecule has 0 radical (unpaired) electrons. The molecule has 0 spiro atoms. The lowest BCUT2D eigenvalue weighted by molar-refractivity contribution is -0.132. The average Bonchev–Trinajstić information content (AvgIpc) is 3.11. The molecule has 2 N–H and O–H groups in total. The molecule has 4 rings (SSSR count). The number of nitrogens with zero attached hydrogens (tertiary/aromatic N) is 3. The molecule has 0 saturated heterocycles. The molecule has 0 fully saturated rings. The van der Waals surface area contributed by atoms with Gasteiger partial charge in [-0.05, 0) is 36.6 Å². The summed E-state index contributed by atoms with van der Waals surface area (Å²) in [5, 5.41) is 5.80. The molecular weight excluding hydrogens is 418 g/mol. The second kappa shape index (κ2) is 9.28. The Balaban J connectivity index is 1.57. The molecule has 8 nitrogen and oxygen atoms in total. The number of benzene rings is 1. The highest BCUT2D eigenvalue weighted by atomic mass is 16.2. The first-order valence-electron chi connectivity index (χ1n) is 10.8. The van der Waals surface area contributed by atoms with E-state index in [4.69, 9.17) is 0 Å². The molecule has 0 bridgehead atoms. The summed E-state index contributed by atoms with van der Waals surface area (Å²) in [4.78, 5) is 46.0. The van der Waals surface area contributed by atoms with Crippen molar-refractivity contribution >= 4 is 17.8 Å². The number of carbonyl (C=O) groups is 3. The largest absolute Gasteiger partial charge is 0.350 e. The van der Waals surface area contributed by atoms with Gasteiger partial charge in [-0.2, -0.15) is 0 Å². The first-order valence-corrected chi connectivity index (χ1v) is 10.8. The van der Waals surface area contributed by atoms with Crippen molar-refractivity contribution in [3.8, 4) is 0 Å². The fourth-order valence-electron chi connectivity index (χ4n) is 4.31. The number of amides is 4. The molecule has 1 atom stereocenters. The number of aromatic nitrogens is 1. The van der Waals surface area contributed by atoms with Crippen LogP contribution in [0.2, 0.25) is 0 Å². The maximum absolute atomic E-state index is 13.4. The summed E-state index contributed by atoms with van der Waals surface area (Å²) in [7, 11) is 0. The first kappa shape index (κ1) is 22.3. The fraction of sp³-hybridized carbons (Fsp3) is 0.280. The van der Waals surface area contributed by atoms with Crippen molar-refractivity contribution in [2.24, 2.45) is 0 Å². The Kier molecular flexibility index (Phi) is 6.26. The van der Waals surface area contributed by atoms with Crippen LogP contribution in [0.5, 0.6) is 0 Å². The SMILES string of the molecule is C=CCN1C(=O)N[C@H](c2ccc(C)cc2C)C2=C1CN(CC(=O)NCc1cccnc1)C2=O. The molecule has 3 heterocycles. The van der Waals surface area contributed by atoms with E-state index in [1.165, 1.54) is 9.80 Å². The zero-order valence-corrected chi connectivity index (χ0v) is 18.8. The summed E-state index contributed by atoms with van der Waals surface area (Å²) in [6.45, 7) is 8.40. The molecule has 0 unspecified atom stereocenters. The standard InChI is InChI=1S/C25H27N5O3/c1-4-10-30-20-14-29(15-21(31)27-13-18-6-5-9-26-12-18)24(32)22(20)23(28-25(30)33)19-8-7-16(2)11-17(19)3/h4-9,11-12,23H,1,10,13-15H2,2-3H3,(H,27,31)(H,28,33)/t23-/m1/s1. The third-order valence-electron chi connectivity index (χ3n) is 5.89. The Labute approximate surface area is 193 Å². The average molecular weight is 446 g/mol. The van der Waals surface area contributed by atoms with Crippen LogP contribution >= 0.6 is 0 Å². The molecule has 4 amide bonds. The van der Waals surface area contributed by atoms with Gasteiger partial charge in [-0.25, -0.2) is 4.79 Å². The Hall–Kier alpha value is -3.94. The lowest BCUT2D eigenvalue weighted by Gasteiger charge is -2.33. The van der Waals surface area contributed by atoms with Crippen LogP contribution in [-0.2, 0) is 16.1 Å². The van der Waals surface area contributed by atoms with Crippen molar-refractivity contribution in [1.82, 2.24) is 25.4 Å². The maximum Gasteiger partial charge on any atom is 0.322 e. The second-order valence-corrected chi connectivity index (χ2v) is 8.30. The zero-order valence-electron chi connectivity index (χ0n) is 18.8. The van der Waals surface area contributed by atoms with Crippen molar-refractivity contribution in [3.05, 3.63) is 88.9 Å². The minimum atomic E-state index is -0.565. The monoisotopic (exact) mass is 445 g/mol. The van der Waals surface area contributed by atoms with E-state index in [-0.39, 0.29) is 37.5 Å². The van der Waals surface area contributed by atoms with E-state index in [2.05, 4.69) is 22.2 Å². The van der Waals surface area contributed by atoms with Crippen molar-refractivity contribution in [2.75, 3.05) is 19.6 Å². The topological polar surface area (TPSA) is 94.6 Å². The van der Waals surface area contributed by atoms with Crippen molar-refractivity contribution < 1.29 is 14.4 Å². The van der Waals surface area contributed by atoms with E-state index < -0.39 is 6.04 Å². The highest BCUT2D eigenvalue weighted by Gasteiger charge is 2.44. The predicted molar refractivity (Wildman–Crippen MR) is 124 cm³/mol. The highest BCUT2D eigenvalue weighted by Crippen LogP contribution is 2.37. The minimum absolute atomic E-state index is 0.0954. The molecule has 1 aromatic heterocycles. The molecule has 33 heavy (non-hydrogen) atoms. The molecule has 0 saturated carbocycles. The zero-order chi connectivity index (χ0) is 23.5. The van der Waals surface area contributed by atoms with Crippen molar-refractivity contribution in [3.63, 3.8) is 0 Å². The summed E-state index contributed by atoms with van der Waals surface area (Å²) in [5.41, 5.74) is 4.96. The van der Waals surface area contributed by atoms with Gasteiger partial charge < -0.3 is 15.5 Å². The van der Waals surface area contributed by atoms with Crippen LogP contribution in [0.1, 0.15) is 28.3 Å². The summed E-state index contributed by atoms with van der Waals surface area (Å²) in [6, 6.07) is 8.76. The van der Waals surface area contributed by atoms with Crippen LogP contribution in [-0.4, -0.2) is 52.3 Å². The van der Waals surface area contributed by atoms with Crippen molar-refractivity contribution in [2.45, 2.75) is 26.4 Å². The Bertz CT molecular complexity index is 1140. The smallest absolute Gasteiger partial charge is 0.322 e. The first-order chi connectivity index (χ1) is 15.9. The quantitative estimate of drug-likeness (QED) is 0.640. The Morgan fingerprint density at radius 1 is 1.30 bits per heavy atom. The molecule has 8 heteroatoms. The molecule has 170 valence electrons. The van der Waals surface area contributed by atoms with Gasteiger partial charge in [0.15, 0.2) is 0 Å². The third-order valence-corrected chi connectivity index (χ3v) is 5.89. The number of urea groups is 1. The number of pyridine rings is 1. The number of aryl methyl sites for hydroxylation is 2. The van der Waals surface area contributed by atoms with E-state index in [1.54, 1.807) is 24.5 Å². The van der Waals surface area contributed by atoms with Crippen LogP contribution in [0.4, 0.5) is 4.79 Å². The second-order valence-electron chi connectivity index (χ2n) is 8.30. The van der Waals surface area contributed by atoms with Gasteiger partial charge in [0.25, 0.3) is 5.91 Å². The maximum atomic E-state index is 13.4. The van der Waals surface area contributed by atoms with Crippen molar-refractivity contribution in [1.29, 1.82) is 0 Å². The van der Waals surface area contributed by atoms with Gasteiger partial charge in [0.05, 0.1) is 23.9 Å². The van der Waals surface area contributed by atoms with Gasteiger partial charge in [0, 0.05) is 25.5 Å². The summed E-state index contributed by atoms with van der Waals surface area (Å²) < 4.78 is 0. The summed E-state index contributed by atoms with van der Waals surface area (Å²) in [5.74, 6) is -0.523. The van der Waals surface area contributed by atoms with Crippen LogP contribution in [0.15, 0.2) is 66.7 Å². The minimum Gasteiger partial charge on any atom is -0.350 e. The van der Waals surface area contributed by atoms with E-state index in [0.717, 1.165) is 22.3 Å². The van der Waals surface area contributed by atoms with E-state index in [1.807, 2.05) is 38.1 Å². The Morgan fingerprint density at radius 2 is 2.12 bits per heavy atom. The van der Waals surface area contributed by atoms with Gasteiger partial charge in [-0.1, -0.05) is 35.9 Å². The van der Waals surface area contributed by atoms with Gasteiger partial charge in [-0.3, -0.25) is 19.5 Å². The van der Waals surface area contributed by atoms with E-state index >= 15 is 0 Å². The third kappa shape index (κ3) is 4.50. The van der Waals surface area contributed by atoms with Crippen LogP contribution in [0.25, 0.3) is 0 Å². The molecule has 2 aliphatic heterocycles. The van der Waals surface area contributed by atoms with E-state index in [0.29, 0.717) is 17.8 Å². The number of rotatable bonds is 7.